The van der Waals surface area contributed by atoms with Crippen LogP contribution in [0, 0.1) is 11.6 Å². The lowest BCUT2D eigenvalue weighted by atomic mass is 10.0. The standard InChI is InChI=1S/C29H23F2N7/c30-20-8-6-18(7-9-20)21-4-3-5-22-27(21)35-29(34-22)28-24-23(36-37-28)15-33-26(25(24)31)19-12-17(13-32-14-19)16-38-10-1-2-11-38/h3-9,12-15H,1-2,10-11,16H2,(H,34,35)(H,36,37). The first-order chi connectivity index (χ1) is 18.6. The van der Waals surface area contributed by atoms with Gasteiger partial charge in [-0.3, -0.25) is 20.0 Å². The SMILES string of the molecule is Fc1ccc(-c2cccc3[nH]c(-c4n[nH]c5cnc(-c6cncc(CN7CCCC7)c6)c(F)c45)nc23)cc1. The van der Waals surface area contributed by atoms with Gasteiger partial charge in [0, 0.05) is 30.1 Å². The number of para-hydroxylation sites is 1. The molecule has 38 heavy (non-hydrogen) atoms. The molecule has 7 rings (SSSR count). The van der Waals surface area contributed by atoms with Crippen molar-refractivity contribution in [3.63, 3.8) is 0 Å². The zero-order valence-corrected chi connectivity index (χ0v) is 20.4. The van der Waals surface area contributed by atoms with Gasteiger partial charge < -0.3 is 4.98 Å². The van der Waals surface area contributed by atoms with Gasteiger partial charge in [-0.2, -0.15) is 5.10 Å². The summed E-state index contributed by atoms with van der Waals surface area (Å²) in [7, 11) is 0. The number of nitrogens with one attached hydrogen (secondary N) is 2. The summed E-state index contributed by atoms with van der Waals surface area (Å²) in [5.41, 5.74) is 5.85. The largest absolute Gasteiger partial charge is 0.337 e. The quantitative estimate of drug-likeness (QED) is 0.294. The molecular formula is C29H23F2N7. The van der Waals surface area contributed by atoms with Crippen molar-refractivity contribution in [2.75, 3.05) is 13.1 Å². The second-order valence-corrected chi connectivity index (χ2v) is 9.64. The van der Waals surface area contributed by atoms with E-state index in [1.54, 1.807) is 24.5 Å². The molecule has 9 heteroatoms. The predicted octanol–water partition coefficient (Wildman–Crippen LogP) is 6.10. The molecule has 4 aromatic heterocycles. The van der Waals surface area contributed by atoms with E-state index in [1.807, 2.05) is 30.5 Å². The van der Waals surface area contributed by atoms with Crippen molar-refractivity contribution >= 4 is 21.9 Å². The summed E-state index contributed by atoms with van der Waals surface area (Å²) in [6.45, 7) is 2.93. The Balaban J connectivity index is 1.31. The Hall–Kier alpha value is -4.50. The third kappa shape index (κ3) is 3.92. The first-order valence-corrected chi connectivity index (χ1v) is 12.6. The minimum Gasteiger partial charge on any atom is -0.337 e. The van der Waals surface area contributed by atoms with Crippen molar-refractivity contribution in [3.05, 3.63) is 84.3 Å². The Morgan fingerprint density at radius 3 is 2.55 bits per heavy atom. The highest BCUT2D eigenvalue weighted by Gasteiger charge is 2.22. The Morgan fingerprint density at radius 1 is 0.868 bits per heavy atom. The minimum absolute atomic E-state index is 0.221. The van der Waals surface area contributed by atoms with Crippen molar-refractivity contribution in [1.29, 1.82) is 0 Å². The van der Waals surface area contributed by atoms with Crippen LogP contribution in [-0.2, 0) is 6.54 Å². The van der Waals surface area contributed by atoms with E-state index in [9.17, 15) is 4.39 Å². The molecule has 188 valence electrons. The Morgan fingerprint density at radius 2 is 1.71 bits per heavy atom. The number of H-pyrrole nitrogens is 2. The fourth-order valence-electron chi connectivity index (χ4n) is 5.26. The van der Waals surface area contributed by atoms with Gasteiger partial charge in [0.05, 0.1) is 28.1 Å². The molecule has 6 aromatic rings. The van der Waals surface area contributed by atoms with E-state index in [-0.39, 0.29) is 11.5 Å². The molecule has 7 nitrogen and oxygen atoms in total. The fraction of sp³-hybridized carbons (Fsp3) is 0.172. The van der Waals surface area contributed by atoms with Gasteiger partial charge in [-0.05, 0) is 61.3 Å². The topological polar surface area (TPSA) is 86.4 Å². The van der Waals surface area contributed by atoms with Crippen molar-refractivity contribution in [2.24, 2.45) is 0 Å². The molecular weight excluding hydrogens is 484 g/mol. The molecule has 0 atom stereocenters. The van der Waals surface area contributed by atoms with E-state index in [0.717, 1.165) is 41.8 Å². The van der Waals surface area contributed by atoms with Crippen LogP contribution in [0.5, 0.6) is 0 Å². The number of halogens is 2. The maximum absolute atomic E-state index is 16.1. The molecule has 0 amide bonds. The van der Waals surface area contributed by atoms with Gasteiger partial charge in [0.15, 0.2) is 11.6 Å². The van der Waals surface area contributed by atoms with Crippen molar-refractivity contribution in [3.8, 4) is 33.9 Å². The van der Waals surface area contributed by atoms with E-state index in [4.69, 9.17) is 4.98 Å². The number of aromatic amines is 2. The predicted molar refractivity (Wildman–Crippen MR) is 142 cm³/mol. The van der Waals surface area contributed by atoms with E-state index < -0.39 is 5.82 Å². The number of aromatic nitrogens is 6. The Labute approximate surface area is 216 Å². The lowest BCUT2D eigenvalue weighted by Crippen LogP contribution is -2.18. The van der Waals surface area contributed by atoms with Crippen LogP contribution in [0.25, 0.3) is 55.8 Å². The van der Waals surface area contributed by atoms with Gasteiger partial charge in [0.25, 0.3) is 0 Å². The molecule has 0 unspecified atom stereocenters. The van der Waals surface area contributed by atoms with Gasteiger partial charge in [-0.1, -0.05) is 24.3 Å². The number of nitrogens with zero attached hydrogens (tertiary/aromatic N) is 5. The molecule has 1 aliphatic rings. The van der Waals surface area contributed by atoms with Crippen LogP contribution < -0.4 is 0 Å². The summed E-state index contributed by atoms with van der Waals surface area (Å²) >= 11 is 0. The average Bonchev–Trinajstić information content (AvgIpc) is 3.69. The number of hydrogen-bond acceptors (Lipinski definition) is 5. The van der Waals surface area contributed by atoms with E-state index in [1.165, 1.54) is 25.0 Å². The summed E-state index contributed by atoms with van der Waals surface area (Å²) in [5, 5.41) is 7.58. The van der Waals surface area contributed by atoms with Gasteiger partial charge in [-0.25, -0.2) is 13.8 Å². The second-order valence-electron chi connectivity index (χ2n) is 9.64. The summed E-state index contributed by atoms with van der Waals surface area (Å²) < 4.78 is 29.6. The zero-order valence-electron chi connectivity index (χ0n) is 20.4. The summed E-state index contributed by atoms with van der Waals surface area (Å²) in [5.74, 6) is -0.355. The van der Waals surface area contributed by atoms with Gasteiger partial charge in [-0.15, -0.1) is 0 Å². The van der Waals surface area contributed by atoms with Gasteiger partial charge in [0.1, 0.15) is 17.2 Å². The van der Waals surface area contributed by atoms with E-state index >= 15 is 4.39 Å². The molecule has 0 aliphatic carbocycles. The molecule has 2 aromatic carbocycles. The summed E-state index contributed by atoms with van der Waals surface area (Å²) in [4.78, 5) is 19.2. The molecule has 0 saturated carbocycles. The molecule has 0 bridgehead atoms. The number of rotatable bonds is 5. The van der Waals surface area contributed by atoms with Crippen LogP contribution in [-0.4, -0.2) is 48.1 Å². The maximum Gasteiger partial charge on any atom is 0.161 e. The number of imidazole rings is 1. The third-order valence-electron chi connectivity index (χ3n) is 7.11. The van der Waals surface area contributed by atoms with Crippen LogP contribution in [0.1, 0.15) is 18.4 Å². The number of benzene rings is 2. The van der Waals surface area contributed by atoms with E-state index in [2.05, 4.69) is 30.0 Å². The summed E-state index contributed by atoms with van der Waals surface area (Å²) in [6.07, 6.45) is 7.46. The van der Waals surface area contributed by atoms with Crippen LogP contribution in [0.4, 0.5) is 8.78 Å². The summed E-state index contributed by atoms with van der Waals surface area (Å²) in [6, 6.07) is 13.9. The molecule has 1 fully saturated rings. The third-order valence-corrected chi connectivity index (χ3v) is 7.11. The highest BCUT2D eigenvalue weighted by molar-refractivity contribution is 5.98. The van der Waals surface area contributed by atoms with Crippen molar-refractivity contribution in [1.82, 2.24) is 35.0 Å². The van der Waals surface area contributed by atoms with Crippen LogP contribution in [0.2, 0.25) is 0 Å². The molecule has 0 radical (unpaired) electrons. The first-order valence-electron chi connectivity index (χ1n) is 12.6. The van der Waals surface area contributed by atoms with Gasteiger partial charge in [0.2, 0.25) is 0 Å². The monoisotopic (exact) mass is 507 g/mol. The van der Waals surface area contributed by atoms with Gasteiger partial charge >= 0.3 is 0 Å². The number of pyridine rings is 2. The highest BCUT2D eigenvalue weighted by atomic mass is 19.1. The number of likely N-dealkylation sites (tertiary alicyclic amines) is 1. The normalized spacial score (nSPS) is 14.2. The number of hydrogen-bond donors (Lipinski definition) is 2. The molecule has 5 heterocycles. The van der Waals surface area contributed by atoms with Crippen molar-refractivity contribution < 1.29 is 8.78 Å². The minimum atomic E-state index is -0.481. The fourth-order valence-corrected chi connectivity index (χ4v) is 5.26. The van der Waals surface area contributed by atoms with Crippen LogP contribution in [0.3, 0.4) is 0 Å². The van der Waals surface area contributed by atoms with Crippen LogP contribution in [0.15, 0.2) is 67.1 Å². The first kappa shape index (κ1) is 22.7. The lowest BCUT2D eigenvalue weighted by Gasteiger charge is -2.14. The van der Waals surface area contributed by atoms with Crippen LogP contribution >= 0.6 is 0 Å². The Bertz CT molecular complexity index is 1780. The number of fused-ring (bicyclic) bond motifs is 2. The molecule has 1 aliphatic heterocycles. The second kappa shape index (κ2) is 9.11. The average molecular weight is 508 g/mol. The molecule has 0 spiro atoms. The molecule has 2 N–H and O–H groups in total. The van der Waals surface area contributed by atoms with Crippen molar-refractivity contribution in [2.45, 2.75) is 19.4 Å². The highest BCUT2D eigenvalue weighted by Crippen LogP contribution is 2.34. The zero-order chi connectivity index (χ0) is 25.6. The lowest BCUT2D eigenvalue weighted by molar-refractivity contribution is 0.331. The smallest absolute Gasteiger partial charge is 0.161 e. The molecule has 1 saturated heterocycles. The maximum atomic E-state index is 16.1. The Kier molecular flexibility index (Phi) is 5.44. The van der Waals surface area contributed by atoms with E-state index in [0.29, 0.717) is 33.5 Å².